The zero-order valence-electron chi connectivity index (χ0n) is 28.9. The average Bonchev–Trinajstić information content (AvgIpc) is 3.07. The van der Waals surface area contributed by atoms with E-state index in [9.17, 15) is 39.4 Å². The summed E-state index contributed by atoms with van der Waals surface area (Å²) in [5, 5.41) is 25.5. The van der Waals surface area contributed by atoms with E-state index in [4.69, 9.17) is 28.4 Å². The Bertz CT molecular complexity index is 1530. The number of hydrogen-bond acceptors (Lipinski definition) is 15. The van der Waals surface area contributed by atoms with Crippen molar-refractivity contribution in [1.29, 1.82) is 0 Å². The maximum absolute atomic E-state index is 12.9. The van der Waals surface area contributed by atoms with Gasteiger partial charge < -0.3 is 33.7 Å². The highest BCUT2D eigenvalue weighted by Crippen LogP contribution is 2.34. The Morgan fingerprint density at radius 2 is 1.24 bits per heavy atom. The van der Waals surface area contributed by atoms with Gasteiger partial charge >= 0.3 is 23.9 Å². The molecule has 3 rings (SSSR count). The monoisotopic (exact) mass is 717 g/mol. The van der Waals surface area contributed by atoms with Gasteiger partial charge in [0.1, 0.15) is 24.1 Å². The van der Waals surface area contributed by atoms with E-state index in [1.165, 1.54) is 30.3 Å². The normalized spacial score (nSPS) is 19.6. The standard InChI is InChI=1S/C34H43N3O14/c1-5-9-27(38)46-20-26-31(49-28(39)10-6-2)32(50-29(40)11-7-3)33(51-30(41)12-8-4)34(48-26)47-23-16-13-21(14-17-23)35-24-18-15-22(36(42)43)19-25(24)37(44)45/h13-19,26,31-35H,5-12,20H2,1-4H3/t26-,31-,32+,33-,34+/m1/s1. The second kappa shape index (κ2) is 19.8. The van der Waals surface area contributed by atoms with Crippen LogP contribution in [0.25, 0.3) is 0 Å². The quantitative estimate of drug-likeness (QED) is 0.0781. The summed E-state index contributed by atoms with van der Waals surface area (Å²) in [4.78, 5) is 72.1. The van der Waals surface area contributed by atoms with Gasteiger partial charge in [-0.15, -0.1) is 0 Å². The molecule has 51 heavy (non-hydrogen) atoms. The van der Waals surface area contributed by atoms with Crippen LogP contribution in [-0.2, 0) is 42.9 Å². The summed E-state index contributed by atoms with van der Waals surface area (Å²) in [5.74, 6) is -2.34. The number of ether oxygens (including phenoxy) is 6. The van der Waals surface area contributed by atoms with Gasteiger partial charge in [0.25, 0.3) is 11.4 Å². The van der Waals surface area contributed by atoms with E-state index in [2.05, 4.69) is 5.32 Å². The zero-order valence-corrected chi connectivity index (χ0v) is 28.9. The molecule has 0 bridgehead atoms. The molecule has 0 unspecified atom stereocenters. The van der Waals surface area contributed by atoms with Crippen molar-refractivity contribution in [3.8, 4) is 5.75 Å². The first-order valence-electron chi connectivity index (χ1n) is 16.8. The van der Waals surface area contributed by atoms with Crippen LogP contribution in [-0.4, -0.2) is 71.0 Å². The van der Waals surface area contributed by atoms with Crippen LogP contribution in [0.15, 0.2) is 42.5 Å². The number of carbonyl (C=O) groups is 4. The second-order valence-electron chi connectivity index (χ2n) is 11.6. The number of benzene rings is 2. The number of nitro groups is 2. The maximum atomic E-state index is 12.9. The Kier molecular flexibility index (Phi) is 15.5. The van der Waals surface area contributed by atoms with Crippen LogP contribution in [0.2, 0.25) is 0 Å². The molecule has 1 N–H and O–H groups in total. The van der Waals surface area contributed by atoms with E-state index in [1.54, 1.807) is 27.7 Å². The summed E-state index contributed by atoms with van der Waals surface area (Å²) < 4.78 is 35.0. The Hall–Kier alpha value is -5.32. The summed E-state index contributed by atoms with van der Waals surface area (Å²) in [5.41, 5.74) is -0.610. The van der Waals surface area contributed by atoms with E-state index >= 15 is 0 Å². The largest absolute Gasteiger partial charge is 0.463 e. The lowest BCUT2D eigenvalue weighted by molar-refractivity contribution is -0.393. The molecule has 0 saturated carbocycles. The van der Waals surface area contributed by atoms with Gasteiger partial charge in [0.2, 0.25) is 12.4 Å². The predicted octanol–water partition coefficient (Wildman–Crippen LogP) is 5.83. The van der Waals surface area contributed by atoms with Crippen LogP contribution in [0.4, 0.5) is 22.7 Å². The maximum Gasteiger partial charge on any atom is 0.306 e. The highest BCUT2D eigenvalue weighted by atomic mass is 16.7. The van der Waals surface area contributed by atoms with Crippen molar-refractivity contribution in [2.24, 2.45) is 0 Å². The zero-order chi connectivity index (χ0) is 37.5. The molecule has 5 atom stereocenters. The van der Waals surface area contributed by atoms with Crippen LogP contribution >= 0.6 is 0 Å². The molecular formula is C34H43N3O14. The van der Waals surface area contributed by atoms with Crippen molar-refractivity contribution in [1.82, 2.24) is 0 Å². The molecule has 0 aromatic heterocycles. The summed E-state index contributed by atoms with van der Waals surface area (Å²) in [6.45, 7) is 6.70. The number of nitro benzene ring substituents is 2. The summed E-state index contributed by atoms with van der Waals surface area (Å²) >= 11 is 0. The lowest BCUT2D eigenvalue weighted by Gasteiger charge is -2.44. The first kappa shape index (κ1) is 40.1. The molecule has 1 fully saturated rings. The van der Waals surface area contributed by atoms with Gasteiger partial charge in [0, 0.05) is 37.4 Å². The van der Waals surface area contributed by atoms with E-state index in [0.717, 1.165) is 12.1 Å². The number of nitrogens with zero attached hydrogens (tertiary/aromatic N) is 2. The molecular weight excluding hydrogens is 674 g/mol. The van der Waals surface area contributed by atoms with Gasteiger partial charge in [-0.2, -0.15) is 0 Å². The molecule has 1 aliphatic heterocycles. The minimum atomic E-state index is -1.46. The number of hydrogen-bond donors (Lipinski definition) is 1. The van der Waals surface area contributed by atoms with Crippen LogP contribution < -0.4 is 10.1 Å². The number of anilines is 2. The number of carbonyl (C=O) groups excluding carboxylic acids is 4. The summed E-state index contributed by atoms with van der Waals surface area (Å²) in [6, 6.07) is 9.11. The Morgan fingerprint density at radius 3 is 1.76 bits per heavy atom. The van der Waals surface area contributed by atoms with E-state index in [1.807, 2.05) is 0 Å². The van der Waals surface area contributed by atoms with Gasteiger partial charge in [-0.3, -0.25) is 39.4 Å². The fourth-order valence-corrected chi connectivity index (χ4v) is 5.00. The number of esters is 4. The number of rotatable bonds is 19. The third-order valence-corrected chi connectivity index (χ3v) is 7.39. The van der Waals surface area contributed by atoms with Crippen molar-refractivity contribution in [3.05, 3.63) is 62.7 Å². The highest BCUT2D eigenvalue weighted by molar-refractivity contribution is 5.73. The van der Waals surface area contributed by atoms with E-state index in [0.29, 0.717) is 31.4 Å². The molecule has 1 heterocycles. The Morgan fingerprint density at radius 1 is 0.706 bits per heavy atom. The van der Waals surface area contributed by atoms with Crippen LogP contribution in [0.5, 0.6) is 5.75 Å². The smallest absolute Gasteiger partial charge is 0.306 e. The lowest BCUT2D eigenvalue weighted by Crippen LogP contribution is -2.63. The fraction of sp³-hybridized carbons (Fsp3) is 0.529. The topological polar surface area (TPSA) is 222 Å². The van der Waals surface area contributed by atoms with Crippen molar-refractivity contribution >= 4 is 46.6 Å². The number of nitrogens with one attached hydrogen (secondary N) is 1. The third kappa shape index (κ3) is 11.9. The van der Waals surface area contributed by atoms with Crippen molar-refractivity contribution < 1.29 is 57.4 Å². The van der Waals surface area contributed by atoms with Crippen LogP contribution in [0, 0.1) is 20.2 Å². The van der Waals surface area contributed by atoms with Gasteiger partial charge in [0.15, 0.2) is 12.2 Å². The third-order valence-electron chi connectivity index (χ3n) is 7.39. The Balaban J connectivity index is 1.99. The minimum Gasteiger partial charge on any atom is -0.463 e. The molecule has 17 nitrogen and oxygen atoms in total. The molecule has 1 saturated heterocycles. The molecule has 0 amide bonds. The highest BCUT2D eigenvalue weighted by Gasteiger charge is 2.54. The predicted molar refractivity (Wildman–Crippen MR) is 179 cm³/mol. The van der Waals surface area contributed by atoms with Crippen molar-refractivity contribution in [3.63, 3.8) is 0 Å². The molecule has 0 radical (unpaired) electrons. The van der Waals surface area contributed by atoms with Crippen LogP contribution in [0.1, 0.15) is 79.1 Å². The molecule has 2 aromatic rings. The summed E-state index contributed by atoms with van der Waals surface area (Å²) in [7, 11) is 0. The second-order valence-corrected chi connectivity index (χ2v) is 11.6. The molecule has 17 heteroatoms. The first-order chi connectivity index (χ1) is 24.4. The number of non-ortho nitro benzene ring substituents is 1. The summed E-state index contributed by atoms with van der Waals surface area (Å²) in [6.07, 6.45) is -4.88. The minimum absolute atomic E-state index is 0.00126. The van der Waals surface area contributed by atoms with Gasteiger partial charge in [0.05, 0.1) is 15.9 Å². The average molecular weight is 718 g/mol. The fourth-order valence-electron chi connectivity index (χ4n) is 5.00. The van der Waals surface area contributed by atoms with Crippen LogP contribution in [0.3, 0.4) is 0 Å². The van der Waals surface area contributed by atoms with Gasteiger partial charge in [-0.1, -0.05) is 27.7 Å². The van der Waals surface area contributed by atoms with E-state index < -0.39 is 82.4 Å². The van der Waals surface area contributed by atoms with Gasteiger partial charge in [-0.25, -0.2) is 0 Å². The SMILES string of the molecule is CCCC(=O)OC[C@H]1O[C@H](Oc2ccc(Nc3ccc([N+](=O)[O-])cc3[N+](=O)[O-])cc2)[C@H](OC(=O)CCC)[C@@H](OC(=O)CCC)[C@@H]1OC(=O)CCC. The van der Waals surface area contributed by atoms with E-state index in [-0.39, 0.29) is 37.1 Å². The molecule has 278 valence electrons. The van der Waals surface area contributed by atoms with Crippen molar-refractivity contribution in [2.75, 3.05) is 11.9 Å². The van der Waals surface area contributed by atoms with Gasteiger partial charge in [-0.05, 0) is 56.0 Å². The lowest BCUT2D eigenvalue weighted by atomic mass is 9.97. The first-order valence-corrected chi connectivity index (χ1v) is 16.8. The molecule has 0 spiro atoms. The molecule has 2 aromatic carbocycles. The molecule has 1 aliphatic rings. The Labute approximate surface area is 294 Å². The van der Waals surface area contributed by atoms with Crippen molar-refractivity contribution in [2.45, 2.75) is 110 Å². The molecule has 0 aliphatic carbocycles.